The van der Waals surface area contributed by atoms with Crippen LogP contribution in [-0.2, 0) is 9.63 Å². The number of halogens is 3. The smallest absolute Gasteiger partial charge is 0.335 e. The van der Waals surface area contributed by atoms with Crippen LogP contribution >= 0.6 is 34.5 Å². The number of amides is 3. The zero-order valence-corrected chi connectivity index (χ0v) is 22.8. The van der Waals surface area contributed by atoms with Crippen molar-refractivity contribution in [3.63, 3.8) is 0 Å². The summed E-state index contributed by atoms with van der Waals surface area (Å²) in [7, 11) is 0. The van der Waals surface area contributed by atoms with Crippen LogP contribution in [-0.4, -0.2) is 17.9 Å². The number of carbonyl (C=O) groups excluding carboxylic acids is 3. The molecule has 1 saturated carbocycles. The van der Waals surface area contributed by atoms with Gasteiger partial charge in [0.15, 0.2) is 0 Å². The average molecular weight is 578 g/mol. The second-order valence-electron chi connectivity index (χ2n) is 9.08. The van der Waals surface area contributed by atoms with Crippen LogP contribution in [0.25, 0.3) is 10.4 Å². The van der Waals surface area contributed by atoms with Crippen LogP contribution in [0.4, 0.5) is 20.6 Å². The zero-order valence-electron chi connectivity index (χ0n) is 20.5. The Morgan fingerprint density at radius 3 is 2.32 bits per heavy atom. The van der Waals surface area contributed by atoms with E-state index >= 15 is 0 Å². The minimum atomic E-state index is -0.710. The van der Waals surface area contributed by atoms with Gasteiger partial charge in [-0.2, -0.15) is 5.48 Å². The maximum atomic E-state index is 13.4. The summed E-state index contributed by atoms with van der Waals surface area (Å²) < 4.78 is 13.4. The molecule has 200 valence electrons. The lowest BCUT2D eigenvalue weighted by atomic mass is 9.81. The number of thiophene rings is 1. The first kappa shape index (κ1) is 27.9. The van der Waals surface area contributed by atoms with Crippen molar-refractivity contribution in [3.8, 4) is 10.4 Å². The topological polar surface area (TPSA) is 96.5 Å². The number of rotatable bonds is 6. The Morgan fingerprint density at radius 2 is 1.66 bits per heavy atom. The molecule has 1 aliphatic carbocycles. The Hall–Kier alpha value is -3.14. The highest BCUT2D eigenvalue weighted by Gasteiger charge is 2.28. The maximum Gasteiger partial charge on any atom is 0.335 e. The Labute approximate surface area is 233 Å². The van der Waals surface area contributed by atoms with E-state index < -0.39 is 23.7 Å². The van der Waals surface area contributed by atoms with Crippen LogP contribution < -0.4 is 16.1 Å². The van der Waals surface area contributed by atoms with E-state index in [1.165, 1.54) is 12.1 Å². The Balaban J connectivity index is 1.51. The molecule has 3 N–H and O–H groups in total. The van der Waals surface area contributed by atoms with E-state index in [9.17, 15) is 18.8 Å². The first-order valence-corrected chi connectivity index (χ1v) is 13.7. The monoisotopic (exact) mass is 577 g/mol. The van der Waals surface area contributed by atoms with E-state index in [0.717, 1.165) is 43.4 Å². The summed E-state index contributed by atoms with van der Waals surface area (Å²) in [4.78, 5) is 44.3. The van der Waals surface area contributed by atoms with Gasteiger partial charge in [-0.05, 0) is 54.7 Å². The number of urea groups is 1. The minimum absolute atomic E-state index is 0.0860. The number of hydrogen-bond donors (Lipinski definition) is 3. The van der Waals surface area contributed by atoms with E-state index in [-0.39, 0.29) is 38.1 Å². The van der Waals surface area contributed by atoms with Gasteiger partial charge in [0.05, 0.1) is 27.3 Å². The molecule has 11 heteroatoms. The first-order valence-electron chi connectivity index (χ1n) is 12.2. The van der Waals surface area contributed by atoms with Crippen molar-refractivity contribution >= 4 is 63.8 Å². The summed E-state index contributed by atoms with van der Waals surface area (Å²) in [6.45, 7) is 1.80. The average Bonchev–Trinajstić information content (AvgIpc) is 3.33. The van der Waals surface area contributed by atoms with Gasteiger partial charge < -0.3 is 15.5 Å². The normalized spacial score (nSPS) is 14.4. The van der Waals surface area contributed by atoms with Crippen molar-refractivity contribution in [2.24, 2.45) is 11.8 Å². The van der Waals surface area contributed by atoms with Gasteiger partial charge in [0.2, 0.25) is 0 Å². The van der Waals surface area contributed by atoms with Gasteiger partial charge in [-0.15, -0.1) is 11.3 Å². The van der Waals surface area contributed by atoms with Crippen molar-refractivity contribution in [2.45, 2.75) is 39.0 Å². The van der Waals surface area contributed by atoms with Gasteiger partial charge >= 0.3 is 12.0 Å². The third kappa shape index (κ3) is 6.83. The predicted octanol–water partition coefficient (Wildman–Crippen LogP) is 7.91. The fourth-order valence-electron chi connectivity index (χ4n) is 4.36. The summed E-state index contributed by atoms with van der Waals surface area (Å²) in [6, 6.07) is 11.4. The largest absolute Gasteiger partial charge is 0.340 e. The van der Waals surface area contributed by atoms with Gasteiger partial charge in [0.1, 0.15) is 10.7 Å². The highest BCUT2D eigenvalue weighted by molar-refractivity contribution is 7.18. The van der Waals surface area contributed by atoms with Crippen molar-refractivity contribution in [2.75, 3.05) is 10.6 Å². The number of hydroxylamine groups is 1. The molecule has 2 aromatic carbocycles. The van der Waals surface area contributed by atoms with E-state index in [1.54, 1.807) is 43.3 Å². The standard InChI is InChI=1S/C27H26Cl2FN3O4S/c1-15(16-6-3-2-4-7-16)26(35)37-33-25(34)24-21(14-22(38-24)17-10-12-18(30)13-11-17)31-27(36)32-23-19(28)8-5-9-20(23)29/h5,8-16H,2-4,6-7H2,1H3,(H,33,34)(H2,31,32,36)/t15-/m0/s1. The molecule has 0 aliphatic heterocycles. The molecule has 4 rings (SSSR count). The number of para-hydroxylation sites is 1. The summed E-state index contributed by atoms with van der Waals surface area (Å²) in [5, 5.41) is 5.68. The SMILES string of the molecule is C[C@H](C(=O)ONC(=O)c1sc(-c2ccc(F)cc2)cc1NC(=O)Nc1c(Cl)cccc1Cl)C1CCCCC1. The fourth-order valence-corrected chi connectivity index (χ4v) is 5.85. The summed E-state index contributed by atoms with van der Waals surface area (Å²) >= 11 is 13.3. The number of carbonyl (C=O) groups is 3. The highest BCUT2D eigenvalue weighted by atomic mass is 35.5. The predicted molar refractivity (Wildman–Crippen MR) is 148 cm³/mol. The van der Waals surface area contributed by atoms with Crippen LogP contribution in [0.5, 0.6) is 0 Å². The van der Waals surface area contributed by atoms with Gasteiger partial charge in [-0.25, -0.2) is 14.0 Å². The van der Waals surface area contributed by atoms with Crippen LogP contribution in [0.2, 0.25) is 10.0 Å². The Morgan fingerprint density at radius 1 is 1.00 bits per heavy atom. The third-order valence-corrected chi connectivity index (χ3v) is 8.30. The highest BCUT2D eigenvalue weighted by Crippen LogP contribution is 2.36. The molecule has 1 aromatic heterocycles. The van der Waals surface area contributed by atoms with Gasteiger partial charge in [-0.3, -0.25) is 4.79 Å². The van der Waals surface area contributed by atoms with Gasteiger partial charge in [0.25, 0.3) is 5.91 Å². The van der Waals surface area contributed by atoms with E-state index in [2.05, 4.69) is 16.1 Å². The van der Waals surface area contributed by atoms with Crippen LogP contribution in [0.15, 0.2) is 48.5 Å². The quantitative estimate of drug-likeness (QED) is 0.259. The number of benzene rings is 2. The molecule has 1 aliphatic rings. The zero-order chi connectivity index (χ0) is 27.2. The molecular weight excluding hydrogens is 552 g/mol. The van der Waals surface area contributed by atoms with E-state index in [4.69, 9.17) is 28.0 Å². The maximum absolute atomic E-state index is 13.4. The van der Waals surface area contributed by atoms with E-state index in [0.29, 0.717) is 10.4 Å². The first-order chi connectivity index (χ1) is 18.2. The minimum Gasteiger partial charge on any atom is -0.340 e. The molecule has 0 bridgehead atoms. The van der Waals surface area contributed by atoms with Gasteiger partial charge in [-0.1, -0.05) is 67.6 Å². The molecule has 0 radical (unpaired) electrons. The third-order valence-electron chi connectivity index (χ3n) is 6.49. The van der Waals surface area contributed by atoms with Crippen LogP contribution in [0.3, 0.4) is 0 Å². The lowest BCUT2D eigenvalue weighted by molar-refractivity contribution is -0.155. The van der Waals surface area contributed by atoms with Gasteiger partial charge in [0, 0.05) is 4.88 Å². The number of nitrogens with one attached hydrogen (secondary N) is 3. The summed E-state index contributed by atoms with van der Waals surface area (Å²) in [5.41, 5.74) is 3.22. The molecule has 7 nitrogen and oxygen atoms in total. The number of anilines is 2. The molecule has 0 spiro atoms. The Kier molecular flexibility index (Phi) is 9.25. The summed E-state index contributed by atoms with van der Waals surface area (Å²) in [5.74, 6) is -1.76. The number of hydrogen-bond acceptors (Lipinski definition) is 5. The molecule has 3 aromatic rings. The molecular formula is C27H26Cl2FN3O4S. The van der Waals surface area contributed by atoms with Crippen molar-refractivity contribution in [1.82, 2.24) is 5.48 Å². The van der Waals surface area contributed by atoms with Crippen LogP contribution in [0, 0.1) is 17.7 Å². The van der Waals surface area contributed by atoms with Crippen molar-refractivity contribution < 1.29 is 23.6 Å². The molecule has 1 fully saturated rings. The molecule has 3 amide bonds. The second-order valence-corrected chi connectivity index (χ2v) is 10.9. The molecule has 1 heterocycles. The molecule has 38 heavy (non-hydrogen) atoms. The second kappa shape index (κ2) is 12.6. The van der Waals surface area contributed by atoms with Crippen molar-refractivity contribution in [3.05, 3.63) is 69.3 Å². The lowest BCUT2D eigenvalue weighted by Crippen LogP contribution is -2.33. The van der Waals surface area contributed by atoms with E-state index in [1.807, 2.05) is 0 Å². The van der Waals surface area contributed by atoms with Crippen LogP contribution in [0.1, 0.15) is 48.7 Å². The summed E-state index contributed by atoms with van der Waals surface area (Å²) in [6.07, 6.45) is 5.22. The lowest BCUT2D eigenvalue weighted by Gasteiger charge is -2.25. The molecule has 0 saturated heterocycles. The van der Waals surface area contributed by atoms with Crippen molar-refractivity contribution in [1.29, 1.82) is 0 Å². The molecule has 0 unspecified atom stereocenters. The Bertz CT molecular complexity index is 1310. The fraction of sp³-hybridized carbons (Fsp3) is 0.296. The molecule has 1 atom stereocenters.